The Labute approximate surface area is 178 Å². The van der Waals surface area contributed by atoms with E-state index in [1.54, 1.807) is 48.5 Å². The molecule has 0 aliphatic carbocycles. The molecule has 0 spiro atoms. The Bertz CT molecular complexity index is 1310. The number of rotatable bonds is 5. The molecule has 4 aromatic rings. The molecular weight excluding hydrogens is 400 g/mol. The van der Waals surface area contributed by atoms with E-state index in [9.17, 15) is 9.59 Å². The van der Waals surface area contributed by atoms with Crippen molar-refractivity contribution < 1.29 is 13.9 Å². The van der Waals surface area contributed by atoms with E-state index in [0.29, 0.717) is 27.1 Å². The quantitative estimate of drug-likeness (QED) is 0.373. The van der Waals surface area contributed by atoms with Gasteiger partial charge in [0.05, 0.1) is 10.4 Å². The van der Waals surface area contributed by atoms with E-state index < -0.39 is 0 Å². The van der Waals surface area contributed by atoms with Crippen LogP contribution in [0.5, 0.6) is 5.75 Å². The molecule has 0 aliphatic rings. The number of ether oxygens (including phenoxy) is 1. The van der Waals surface area contributed by atoms with Crippen LogP contribution in [0.3, 0.4) is 0 Å². The molecule has 0 radical (unpaired) electrons. The molecule has 0 fully saturated rings. The van der Waals surface area contributed by atoms with Crippen molar-refractivity contribution in [1.82, 2.24) is 0 Å². The van der Waals surface area contributed by atoms with Crippen LogP contribution in [-0.4, -0.2) is 12.4 Å². The molecule has 0 aliphatic heterocycles. The smallest absolute Gasteiger partial charge is 0.235 e. The van der Waals surface area contributed by atoms with Crippen LogP contribution in [0, 0.1) is 13.8 Å². The molecule has 5 heteroatoms. The zero-order chi connectivity index (χ0) is 21.3. The highest BCUT2D eigenvalue weighted by atomic mass is 35.5. The average molecular weight is 419 g/mol. The van der Waals surface area contributed by atoms with Crippen LogP contribution >= 0.6 is 11.6 Å². The molecule has 0 N–H and O–H groups in total. The monoisotopic (exact) mass is 418 g/mol. The fourth-order valence-electron chi connectivity index (χ4n) is 3.47. The van der Waals surface area contributed by atoms with Crippen molar-refractivity contribution in [3.05, 3.63) is 98.7 Å². The van der Waals surface area contributed by atoms with Gasteiger partial charge in [-0.2, -0.15) is 0 Å². The maximum Gasteiger partial charge on any atom is 0.235 e. The van der Waals surface area contributed by atoms with E-state index in [1.807, 2.05) is 32.0 Å². The summed E-state index contributed by atoms with van der Waals surface area (Å²) < 4.78 is 11.9. The van der Waals surface area contributed by atoms with Crippen molar-refractivity contribution >= 4 is 28.4 Å². The highest BCUT2D eigenvalue weighted by Crippen LogP contribution is 2.36. The molecule has 0 atom stereocenters. The van der Waals surface area contributed by atoms with E-state index in [0.717, 1.165) is 11.1 Å². The van der Waals surface area contributed by atoms with Crippen LogP contribution in [0.1, 0.15) is 21.5 Å². The number of benzene rings is 3. The van der Waals surface area contributed by atoms with Gasteiger partial charge in [0.1, 0.15) is 5.58 Å². The zero-order valence-corrected chi connectivity index (χ0v) is 17.3. The Hall–Kier alpha value is -3.37. The molecule has 30 heavy (non-hydrogen) atoms. The molecule has 150 valence electrons. The van der Waals surface area contributed by atoms with Gasteiger partial charge in [0.25, 0.3) is 0 Å². The molecule has 0 unspecified atom stereocenters. The third-order valence-electron chi connectivity index (χ3n) is 4.86. The van der Waals surface area contributed by atoms with Gasteiger partial charge in [0, 0.05) is 11.1 Å². The molecule has 0 saturated heterocycles. The topological polar surface area (TPSA) is 56.5 Å². The Morgan fingerprint density at radius 3 is 2.43 bits per heavy atom. The Morgan fingerprint density at radius 1 is 1.00 bits per heavy atom. The molecule has 0 saturated carbocycles. The predicted octanol–water partition coefficient (Wildman–Crippen LogP) is 5.99. The van der Waals surface area contributed by atoms with Gasteiger partial charge >= 0.3 is 0 Å². The van der Waals surface area contributed by atoms with Gasteiger partial charge < -0.3 is 9.15 Å². The van der Waals surface area contributed by atoms with Gasteiger partial charge in [0.15, 0.2) is 18.2 Å². The van der Waals surface area contributed by atoms with E-state index in [-0.39, 0.29) is 29.3 Å². The van der Waals surface area contributed by atoms with Gasteiger partial charge in [-0.1, -0.05) is 60.1 Å². The Morgan fingerprint density at radius 2 is 1.70 bits per heavy atom. The van der Waals surface area contributed by atoms with E-state index in [4.69, 9.17) is 20.8 Å². The highest BCUT2D eigenvalue weighted by molar-refractivity contribution is 6.33. The number of carbonyl (C=O) groups is 1. The summed E-state index contributed by atoms with van der Waals surface area (Å²) in [4.78, 5) is 25.9. The Kier molecular flexibility index (Phi) is 5.42. The average Bonchev–Trinajstić information content (AvgIpc) is 2.73. The van der Waals surface area contributed by atoms with E-state index >= 15 is 0 Å². The van der Waals surface area contributed by atoms with Crippen LogP contribution in [0.15, 0.2) is 75.9 Å². The number of carbonyl (C=O) groups excluding carboxylic acids is 1. The summed E-state index contributed by atoms with van der Waals surface area (Å²) in [5.41, 5.74) is 2.91. The number of hydrogen-bond acceptors (Lipinski definition) is 4. The van der Waals surface area contributed by atoms with Crippen molar-refractivity contribution in [2.45, 2.75) is 13.8 Å². The third kappa shape index (κ3) is 3.74. The first kappa shape index (κ1) is 19.9. The summed E-state index contributed by atoms with van der Waals surface area (Å²) in [5, 5.41) is 0.849. The molecular formula is C25H19ClO4. The largest absolute Gasteiger partial charge is 0.478 e. The first-order valence-corrected chi connectivity index (χ1v) is 9.87. The number of Topliss-reactive ketones (excluding diaryl/α,β-unsaturated/α-hetero) is 1. The van der Waals surface area contributed by atoms with Gasteiger partial charge in [-0.05, 0) is 43.2 Å². The maximum atomic E-state index is 13.4. The molecule has 0 amide bonds. The second-order valence-corrected chi connectivity index (χ2v) is 7.51. The predicted molar refractivity (Wildman–Crippen MR) is 119 cm³/mol. The van der Waals surface area contributed by atoms with E-state index in [1.165, 1.54) is 0 Å². The number of ketones is 1. The summed E-state index contributed by atoms with van der Waals surface area (Å²) in [6, 6.07) is 19.6. The van der Waals surface area contributed by atoms with E-state index in [2.05, 4.69) is 0 Å². The van der Waals surface area contributed by atoms with Gasteiger partial charge in [-0.25, -0.2) is 0 Å². The Balaban J connectivity index is 1.87. The summed E-state index contributed by atoms with van der Waals surface area (Å²) in [5.74, 6) is -0.0448. The van der Waals surface area contributed by atoms with Crippen LogP contribution < -0.4 is 10.2 Å². The van der Waals surface area contributed by atoms with Crippen molar-refractivity contribution in [2.75, 3.05) is 6.61 Å². The first-order chi connectivity index (χ1) is 14.5. The second-order valence-electron chi connectivity index (χ2n) is 7.10. The molecule has 0 bridgehead atoms. The lowest BCUT2D eigenvalue weighted by molar-refractivity contribution is 0.0920. The highest BCUT2D eigenvalue weighted by Gasteiger charge is 2.22. The molecule has 1 aromatic heterocycles. The van der Waals surface area contributed by atoms with Gasteiger partial charge in [0.2, 0.25) is 11.2 Å². The molecule has 4 rings (SSSR count). The summed E-state index contributed by atoms with van der Waals surface area (Å²) in [7, 11) is 0. The number of aryl methyl sites for hydroxylation is 2. The fraction of sp³-hybridized carbons (Fsp3) is 0.120. The molecule has 3 aromatic carbocycles. The van der Waals surface area contributed by atoms with Crippen LogP contribution in [-0.2, 0) is 0 Å². The standard InChI is InChI=1S/C25H19ClO4/c1-15-12-16(2)22-21(13-15)30-24(18-10-6-7-11-19(18)26)25(23(22)28)29-14-20(27)17-8-4-3-5-9-17/h3-13H,14H2,1-2H3. The SMILES string of the molecule is Cc1cc(C)c2c(=O)c(OCC(=O)c3ccccc3)c(-c3ccccc3Cl)oc2c1. The van der Waals surface area contributed by atoms with Crippen LogP contribution in [0.2, 0.25) is 5.02 Å². The maximum absolute atomic E-state index is 13.4. The lowest BCUT2D eigenvalue weighted by Crippen LogP contribution is -2.17. The normalized spacial score (nSPS) is 10.9. The van der Waals surface area contributed by atoms with Gasteiger partial charge in [-0.15, -0.1) is 0 Å². The number of fused-ring (bicyclic) bond motifs is 1. The van der Waals surface area contributed by atoms with Crippen molar-refractivity contribution in [3.8, 4) is 17.1 Å². The summed E-state index contributed by atoms with van der Waals surface area (Å²) >= 11 is 6.37. The first-order valence-electron chi connectivity index (χ1n) is 9.49. The van der Waals surface area contributed by atoms with Crippen molar-refractivity contribution in [1.29, 1.82) is 0 Å². The van der Waals surface area contributed by atoms with Crippen molar-refractivity contribution in [2.24, 2.45) is 0 Å². The summed E-state index contributed by atoms with van der Waals surface area (Å²) in [6.07, 6.45) is 0. The summed E-state index contributed by atoms with van der Waals surface area (Å²) in [6.45, 7) is 3.49. The molecule has 1 heterocycles. The number of hydrogen-bond donors (Lipinski definition) is 0. The minimum absolute atomic E-state index is 0.0214. The van der Waals surface area contributed by atoms with Gasteiger partial charge in [-0.3, -0.25) is 9.59 Å². The lowest BCUT2D eigenvalue weighted by Gasteiger charge is -2.13. The molecule has 4 nitrogen and oxygen atoms in total. The number of halogens is 1. The zero-order valence-electron chi connectivity index (χ0n) is 16.6. The van der Waals surface area contributed by atoms with Crippen LogP contribution in [0.25, 0.3) is 22.3 Å². The van der Waals surface area contributed by atoms with Crippen LogP contribution in [0.4, 0.5) is 0 Å². The fourth-order valence-corrected chi connectivity index (χ4v) is 3.69. The second kappa shape index (κ2) is 8.17. The minimum Gasteiger partial charge on any atom is -0.478 e. The minimum atomic E-state index is -0.329. The third-order valence-corrected chi connectivity index (χ3v) is 5.19. The van der Waals surface area contributed by atoms with Crippen molar-refractivity contribution in [3.63, 3.8) is 0 Å². The lowest BCUT2D eigenvalue weighted by atomic mass is 10.0.